The fraction of sp³-hybridized carbons (Fsp3) is 0.333. The van der Waals surface area contributed by atoms with Gasteiger partial charge in [-0.05, 0) is 43.4 Å². The minimum Gasteiger partial charge on any atom is -0.465 e. The molecule has 110 valence electrons. The first kappa shape index (κ1) is 14.4. The van der Waals surface area contributed by atoms with Crippen molar-refractivity contribution in [1.82, 2.24) is 4.98 Å². The van der Waals surface area contributed by atoms with E-state index >= 15 is 0 Å². The number of hydrogen-bond acceptors (Lipinski definition) is 5. The highest BCUT2D eigenvalue weighted by molar-refractivity contribution is 7.16. The first-order chi connectivity index (χ1) is 10.2. The molecule has 0 unspecified atom stereocenters. The molecule has 0 radical (unpaired) electrons. The summed E-state index contributed by atoms with van der Waals surface area (Å²) in [6.07, 6.45) is 4.24. The Hall–Kier alpha value is -1.59. The number of halogens is 1. The van der Waals surface area contributed by atoms with Crippen molar-refractivity contribution in [3.63, 3.8) is 0 Å². The first-order valence-electron chi connectivity index (χ1n) is 6.81. The van der Waals surface area contributed by atoms with Gasteiger partial charge in [0.05, 0.1) is 12.7 Å². The third-order valence-electron chi connectivity index (χ3n) is 3.52. The van der Waals surface area contributed by atoms with Crippen LogP contribution >= 0.6 is 22.9 Å². The zero-order valence-electron chi connectivity index (χ0n) is 11.6. The lowest BCUT2D eigenvalue weighted by Crippen LogP contribution is -2.09. The van der Waals surface area contributed by atoms with Gasteiger partial charge in [-0.15, -0.1) is 11.3 Å². The number of nitrogens with one attached hydrogen (secondary N) is 1. The summed E-state index contributed by atoms with van der Waals surface area (Å²) in [5.41, 5.74) is 1.78. The Bertz CT molecular complexity index is 684. The molecule has 1 aliphatic rings. The maximum Gasteiger partial charge on any atom is 0.341 e. The van der Waals surface area contributed by atoms with Crippen LogP contribution in [0.4, 0.5) is 10.8 Å². The largest absolute Gasteiger partial charge is 0.465 e. The van der Waals surface area contributed by atoms with Gasteiger partial charge in [-0.1, -0.05) is 17.7 Å². The average molecular weight is 323 g/mol. The molecule has 4 nitrogen and oxygen atoms in total. The molecule has 0 aliphatic heterocycles. The van der Waals surface area contributed by atoms with Crippen molar-refractivity contribution < 1.29 is 9.53 Å². The van der Waals surface area contributed by atoms with Crippen molar-refractivity contribution >= 4 is 39.7 Å². The van der Waals surface area contributed by atoms with E-state index in [4.69, 9.17) is 16.3 Å². The SMILES string of the molecule is COC(=O)c1c(Nc2cccc(Cl)n2)sc2c1CCCC2. The summed E-state index contributed by atoms with van der Waals surface area (Å²) in [6, 6.07) is 5.36. The van der Waals surface area contributed by atoms with Crippen LogP contribution in [0.25, 0.3) is 0 Å². The Morgan fingerprint density at radius 2 is 2.19 bits per heavy atom. The number of carbonyl (C=O) groups is 1. The quantitative estimate of drug-likeness (QED) is 0.679. The number of thiophene rings is 1. The second-order valence-corrected chi connectivity index (χ2v) is 6.37. The predicted octanol–water partition coefficient (Wildman–Crippen LogP) is 4.21. The van der Waals surface area contributed by atoms with E-state index in [1.807, 2.05) is 12.1 Å². The van der Waals surface area contributed by atoms with Crippen molar-refractivity contribution in [1.29, 1.82) is 0 Å². The third kappa shape index (κ3) is 2.89. The van der Waals surface area contributed by atoms with E-state index in [1.165, 1.54) is 18.4 Å². The molecule has 0 amide bonds. The summed E-state index contributed by atoms with van der Waals surface area (Å²) >= 11 is 7.51. The molecule has 0 atom stereocenters. The van der Waals surface area contributed by atoms with E-state index in [9.17, 15) is 4.79 Å². The lowest BCUT2D eigenvalue weighted by molar-refractivity contribution is 0.0601. The molecule has 0 aromatic carbocycles. The van der Waals surface area contributed by atoms with Gasteiger partial charge >= 0.3 is 5.97 Å². The molecule has 1 N–H and O–H groups in total. The summed E-state index contributed by atoms with van der Waals surface area (Å²) < 4.78 is 4.94. The van der Waals surface area contributed by atoms with Gasteiger partial charge in [0.15, 0.2) is 0 Å². The Morgan fingerprint density at radius 1 is 1.38 bits per heavy atom. The van der Waals surface area contributed by atoms with Crippen molar-refractivity contribution in [2.45, 2.75) is 25.7 Å². The molecular formula is C15H15ClN2O2S. The van der Waals surface area contributed by atoms with Crippen LogP contribution < -0.4 is 5.32 Å². The van der Waals surface area contributed by atoms with Gasteiger partial charge in [-0.25, -0.2) is 9.78 Å². The molecule has 0 saturated carbocycles. The number of pyridine rings is 1. The fourth-order valence-electron chi connectivity index (χ4n) is 2.57. The molecule has 2 heterocycles. The number of nitrogens with zero attached hydrogens (tertiary/aromatic N) is 1. The summed E-state index contributed by atoms with van der Waals surface area (Å²) in [6.45, 7) is 0. The third-order valence-corrected chi connectivity index (χ3v) is 4.94. The maximum absolute atomic E-state index is 12.1. The number of methoxy groups -OCH3 is 1. The molecular weight excluding hydrogens is 308 g/mol. The second-order valence-electron chi connectivity index (χ2n) is 4.88. The number of aromatic nitrogens is 1. The zero-order valence-corrected chi connectivity index (χ0v) is 13.2. The molecule has 0 bridgehead atoms. The van der Waals surface area contributed by atoms with Crippen LogP contribution in [0.5, 0.6) is 0 Å². The number of aryl methyl sites for hydroxylation is 1. The fourth-order valence-corrected chi connectivity index (χ4v) is 4.01. The van der Waals surface area contributed by atoms with E-state index in [-0.39, 0.29) is 5.97 Å². The molecule has 6 heteroatoms. The standard InChI is InChI=1S/C15H15ClN2O2S/c1-20-15(19)13-9-5-2-3-6-10(9)21-14(13)18-12-8-4-7-11(16)17-12/h4,7-8H,2-3,5-6H2,1H3,(H,17,18). The van der Waals surface area contributed by atoms with Crippen LogP contribution in [0.15, 0.2) is 18.2 Å². The van der Waals surface area contributed by atoms with Crippen LogP contribution in [0.2, 0.25) is 5.15 Å². The van der Waals surface area contributed by atoms with Gasteiger partial charge in [0.1, 0.15) is 16.0 Å². The number of hydrogen-bond donors (Lipinski definition) is 1. The Morgan fingerprint density at radius 3 is 2.95 bits per heavy atom. The number of fused-ring (bicyclic) bond motifs is 1. The number of anilines is 2. The van der Waals surface area contributed by atoms with Gasteiger partial charge in [0.2, 0.25) is 0 Å². The summed E-state index contributed by atoms with van der Waals surface area (Å²) in [5.74, 6) is 0.338. The number of carbonyl (C=O) groups excluding carboxylic acids is 1. The van der Waals surface area contributed by atoms with Crippen molar-refractivity contribution in [3.8, 4) is 0 Å². The van der Waals surface area contributed by atoms with Crippen LogP contribution in [-0.2, 0) is 17.6 Å². The maximum atomic E-state index is 12.1. The van der Waals surface area contributed by atoms with Gasteiger partial charge in [-0.2, -0.15) is 0 Å². The highest BCUT2D eigenvalue weighted by Crippen LogP contribution is 2.39. The highest BCUT2D eigenvalue weighted by Gasteiger charge is 2.26. The topological polar surface area (TPSA) is 51.2 Å². The van der Waals surface area contributed by atoms with E-state index < -0.39 is 0 Å². The first-order valence-corrected chi connectivity index (χ1v) is 8.01. The van der Waals surface area contributed by atoms with Crippen molar-refractivity contribution in [2.24, 2.45) is 0 Å². The van der Waals surface area contributed by atoms with Gasteiger partial charge in [0, 0.05) is 4.88 Å². The molecule has 0 fully saturated rings. The number of ether oxygens (including phenoxy) is 1. The van der Waals surface area contributed by atoms with Crippen LogP contribution in [0.1, 0.15) is 33.6 Å². The molecule has 1 aliphatic carbocycles. The van der Waals surface area contributed by atoms with Crippen molar-refractivity contribution in [3.05, 3.63) is 39.4 Å². The number of rotatable bonds is 3. The lowest BCUT2D eigenvalue weighted by Gasteiger charge is -2.11. The summed E-state index contributed by atoms with van der Waals surface area (Å²) in [4.78, 5) is 17.6. The Balaban J connectivity index is 2.01. The zero-order chi connectivity index (χ0) is 14.8. The lowest BCUT2D eigenvalue weighted by atomic mass is 9.95. The Kier molecular flexibility index (Phi) is 4.12. The van der Waals surface area contributed by atoms with Crippen LogP contribution in [0.3, 0.4) is 0 Å². The molecule has 21 heavy (non-hydrogen) atoms. The predicted molar refractivity (Wildman–Crippen MR) is 84.8 cm³/mol. The minimum absolute atomic E-state index is 0.293. The monoisotopic (exact) mass is 322 g/mol. The van der Waals surface area contributed by atoms with Crippen LogP contribution in [0, 0.1) is 0 Å². The van der Waals surface area contributed by atoms with E-state index in [1.54, 1.807) is 17.4 Å². The normalized spacial score (nSPS) is 13.6. The minimum atomic E-state index is -0.293. The van der Waals surface area contributed by atoms with Gasteiger partial charge in [0.25, 0.3) is 0 Å². The molecule has 2 aromatic heterocycles. The molecule has 2 aromatic rings. The summed E-state index contributed by atoms with van der Waals surface area (Å²) in [7, 11) is 1.41. The van der Waals surface area contributed by atoms with E-state index in [0.29, 0.717) is 16.5 Å². The van der Waals surface area contributed by atoms with Crippen molar-refractivity contribution in [2.75, 3.05) is 12.4 Å². The van der Waals surface area contributed by atoms with Crippen LogP contribution in [-0.4, -0.2) is 18.1 Å². The van der Waals surface area contributed by atoms with Gasteiger partial charge in [-0.3, -0.25) is 0 Å². The van der Waals surface area contributed by atoms with E-state index in [0.717, 1.165) is 29.8 Å². The van der Waals surface area contributed by atoms with E-state index in [2.05, 4.69) is 10.3 Å². The summed E-state index contributed by atoms with van der Waals surface area (Å²) in [5, 5.41) is 4.42. The van der Waals surface area contributed by atoms with Gasteiger partial charge < -0.3 is 10.1 Å². The molecule has 3 rings (SSSR count). The Labute approximate surface area is 132 Å². The smallest absolute Gasteiger partial charge is 0.341 e. The number of esters is 1. The highest BCUT2D eigenvalue weighted by atomic mass is 35.5. The second kappa shape index (κ2) is 6.03. The molecule has 0 saturated heterocycles. The molecule has 0 spiro atoms. The average Bonchev–Trinajstić information content (AvgIpc) is 2.84.